The molecule has 0 spiro atoms. The number of likely N-dealkylation sites (tertiary alicyclic amines) is 1. The second-order valence-corrected chi connectivity index (χ2v) is 5.48. The Bertz CT molecular complexity index is 526. The maximum atomic E-state index is 12.9. The minimum atomic E-state index is -4.51. The van der Waals surface area contributed by atoms with Crippen LogP contribution in [-0.4, -0.2) is 41.1 Å². The lowest BCUT2D eigenvalue weighted by molar-refractivity contribution is -0.137. The summed E-state index contributed by atoms with van der Waals surface area (Å²) in [6, 6.07) is 4.37. The number of anilines is 1. The normalized spacial score (nSPS) is 19.0. The number of aliphatic hydroxyl groups is 1. The van der Waals surface area contributed by atoms with Gasteiger partial charge in [-0.15, -0.1) is 0 Å². The summed E-state index contributed by atoms with van der Waals surface area (Å²) >= 11 is 0. The van der Waals surface area contributed by atoms with E-state index in [4.69, 9.17) is 0 Å². The fraction of sp³-hybridized carbons (Fsp3) is 0.533. The van der Waals surface area contributed by atoms with Crippen LogP contribution >= 0.6 is 0 Å². The topological polar surface area (TPSA) is 52.6 Å². The molecule has 7 heteroatoms. The molecule has 1 aliphatic rings. The zero-order valence-electron chi connectivity index (χ0n) is 12.2. The Hall–Kier alpha value is -1.60. The fourth-order valence-corrected chi connectivity index (χ4v) is 2.52. The van der Waals surface area contributed by atoms with E-state index in [1.807, 2.05) is 4.90 Å². The van der Waals surface area contributed by atoms with Crippen molar-refractivity contribution in [3.63, 3.8) is 0 Å². The van der Waals surface area contributed by atoms with Crippen molar-refractivity contribution in [3.05, 3.63) is 29.8 Å². The summed E-state index contributed by atoms with van der Waals surface area (Å²) in [4.78, 5) is 14.0. The van der Waals surface area contributed by atoms with Crippen LogP contribution in [0.25, 0.3) is 0 Å². The number of nitrogens with one attached hydrogen (secondary N) is 1. The Kier molecular flexibility index (Phi) is 5.08. The van der Waals surface area contributed by atoms with E-state index >= 15 is 0 Å². The van der Waals surface area contributed by atoms with Gasteiger partial charge in [-0.3, -0.25) is 9.69 Å². The molecule has 4 nitrogen and oxygen atoms in total. The minimum absolute atomic E-state index is 0.233. The number of hydrogen-bond donors (Lipinski definition) is 2. The van der Waals surface area contributed by atoms with Crippen LogP contribution in [0.2, 0.25) is 0 Å². The van der Waals surface area contributed by atoms with Crippen LogP contribution in [0.1, 0.15) is 25.3 Å². The summed E-state index contributed by atoms with van der Waals surface area (Å²) in [6.07, 6.45) is -3.74. The summed E-state index contributed by atoms with van der Waals surface area (Å²) in [5.74, 6) is -0.479. The van der Waals surface area contributed by atoms with E-state index in [-0.39, 0.29) is 11.8 Å². The molecule has 0 aliphatic carbocycles. The number of aliphatic hydroxyl groups excluding tert-OH is 1. The number of halogens is 3. The van der Waals surface area contributed by atoms with Gasteiger partial charge in [0.05, 0.1) is 23.4 Å². The highest BCUT2D eigenvalue weighted by atomic mass is 19.4. The molecule has 2 rings (SSSR count). The Morgan fingerprint density at radius 1 is 1.32 bits per heavy atom. The van der Waals surface area contributed by atoms with Crippen molar-refractivity contribution in [3.8, 4) is 0 Å². The van der Waals surface area contributed by atoms with Gasteiger partial charge >= 0.3 is 6.18 Å². The first-order valence-corrected chi connectivity index (χ1v) is 7.18. The van der Waals surface area contributed by atoms with E-state index in [2.05, 4.69) is 5.32 Å². The summed E-state index contributed by atoms with van der Waals surface area (Å²) < 4.78 is 38.7. The minimum Gasteiger partial charge on any atom is -0.393 e. The Balaban J connectivity index is 2.06. The molecule has 0 radical (unpaired) electrons. The van der Waals surface area contributed by atoms with Gasteiger partial charge in [0.2, 0.25) is 5.91 Å². The van der Waals surface area contributed by atoms with Crippen LogP contribution in [0.3, 0.4) is 0 Å². The van der Waals surface area contributed by atoms with E-state index in [0.717, 1.165) is 6.07 Å². The fourth-order valence-electron chi connectivity index (χ4n) is 2.52. The first-order valence-electron chi connectivity index (χ1n) is 7.18. The van der Waals surface area contributed by atoms with Gasteiger partial charge in [0, 0.05) is 13.1 Å². The number of carbonyl (C=O) groups excluding carboxylic acids is 1. The highest BCUT2D eigenvalue weighted by Gasteiger charge is 2.34. The zero-order chi connectivity index (χ0) is 16.3. The predicted octanol–water partition coefficient (Wildman–Crippen LogP) is 2.49. The van der Waals surface area contributed by atoms with Crippen molar-refractivity contribution in [1.29, 1.82) is 0 Å². The van der Waals surface area contributed by atoms with Crippen LogP contribution in [-0.2, 0) is 11.0 Å². The first-order chi connectivity index (χ1) is 10.3. The highest BCUT2D eigenvalue weighted by molar-refractivity contribution is 5.95. The van der Waals surface area contributed by atoms with E-state index in [1.54, 1.807) is 6.92 Å². The Morgan fingerprint density at radius 3 is 2.50 bits per heavy atom. The standard InChI is InChI=1S/C15H19F3N2O2/c1-10(20-8-6-11(21)7-9-20)14(22)19-13-5-3-2-4-12(13)15(16,17)18/h2-5,10-11,21H,6-9H2,1H3,(H,19,22)/t10-/m1/s1. The number of benzene rings is 1. The van der Waals surface area contributed by atoms with Gasteiger partial charge in [-0.1, -0.05) is 12.1 Å². The number of nitrogens with zero attached hydrogens (tertiary/aromatic N) is 1. The van der Waals surface area contributed by atoms with Crippen molar-refractivity contribution < 1.29 is 23.1 Å². The second kappa shape index (κ2) is 6.66. The summed E-state index contributed by atoms with van der Waals surface area (Å²) in [5, 5.41) is 11.8. The molecule has 1 aliphatic heterocycles. The molecule has 1 aromatic carbocycles. The van der Waals surface area contributed by atoms with Gasteiger partial charge in [-0.2, -0.15) is 13.2 Å². The number of para-hydroxylation sites is 1. The summed E-state index contributed by atoms with van der Waals surface area (Å²) in [6.45, 7) is 2.76. The molecule has 1 fully saturated rings. The SMILES string of the molecule is C[C@H](C(=O)Nc1ccccc1C(F)(F)F)N1CCC(O)CC1. The highest BCUT2D eigenvalue weighted by Crippen LogP contribution is 2.34. The van der Waals surface area contributed by atoms with Gasteiger partial charge in [0.15, 0.2) is 0 Å². The molecule has 0 unspecified atom stereocenters. The Morgan fingerprint density at radius 2 is 1.91 bits per heavy atom. The van der Waals surface area contributed by atoms with Crippen molar-refractivity contribution in [2.45, 2.75) is 38.1 Å². The number of alkyl halides is 3. The largest absolute Gasteiger partial charge is 0.418 e. The van der Waals surface area contributed by atoms with Gasteiger partial charge in [0.25, 0.3) is 0 Å². The van der Waals surface area contributed by atoms with Crippen LogP contribution in [0, 0.1) is 0 Å². The van der Waals surface area contributed by atoms with Crippen molar-refractivity contribution in [2.24, 2.45) is 0 Å². The molecule has 1 heterocycles. The number of rotatable bonds is 3. The number of piperidine rings is 1. The predicted molar refractivity (Wildman–Crippen MR) is 76.3 cm³/mol. The zero-order valence-corrected chi connectivity index (χ0v) is 12.2. The van der Waals surface area contributed by atoms with E-state index in [1.165, 1.54) is 18.2 Å². The molecule has 0 aromatic heterocycles. The molecule has 22 heavy (non-hydrogen) atoms. The number of hydrogen-bond acceptors (Lipinski definition) is 3. The van der Waals surface area contributed by atoms with Crippen LogP contribution in [0.5, 0.6) is 0 Å². The van der Waals surface area contributed by atoms with Crippen molar-refractivity contribution in [1.82, 2.24) is 4.90 Å². The van der Waals surface area contributed by atoms with E-state index < -0.39 is 23.7 Å². The van der Waals surface area contributed by atoms with Crippen LogP contribution < -0.4 is 5.32 Å². The molecule has 2 N–H and O–H groups in total. The number of amides is 1. The lowest BCUT2D eigenvalue weighted by atomic mass is 10.1. The molecule has 1 atom stereocenters. The lowest BCUT2D eigenvalue weighted by Gasteiger charge is -2.33. The molecule has 0 bridgehead atoms. The third kappa shape index (κ3) is 3.98. The second-order valence-electron chi connectivity index (χ2n) is 5.48. The maximum absolute atomic E-state index is 12.9. The van der Waals surface area contributed by atoms with Gasteiger partial charge in [0.1, 0.15) is 0 Å². The number of carbonyl (C=O) groups is 1. The van der Waals surface area contributed by atoms with Crippen molar-refractivity contribution in [2.75, 3.05) is 18.4 Å². The molecule has 1 aromatic rings. The first kappa shape index (κ1) is 16.8. The van der Waals surface area contributed by atoms with E-state index in [0.29, 0.717) is 25.9 Å². The van der Waals surface area contributed by atoms with Crippen LogP contribution in [0.4, 0.5) is 18.9 Å². The smallest absolute Gasteiger partial charge is 0.393 e. The lowest BCUT2D eigenvalue weighted by Crippen LogP contribution is -2.47. The molecule has 1 amide bonds. The van der Waals surface area contributed by atoms with Gasteiger partial charge in [-0.25, -0.2) is 0 Å². The van der Waals surface area contributed by atoms with Gasteiger partial charge in [-0.05, 0) is 31.9 Å². The van der Waals surface area contributed by atoms with Crippen molar-refractivity contribution >= 4 is 11.6 Å². The van der Waals surface area contributed by atoms with E-state index in [9.17, 15) is 23.1 Å². The molecule has 122 valence electrons. The van der Waals surface area contributed by atoms with Crippen LogP contribution in [0.15, 0.2) is 24.3 Å². The third-order valence-corrected chi connectivity index (χ3v) is 3.92. The molecular formula is C15H19F3N2O2. The summed E-state index contributed by atoms with van der Waals surface area (Å²) in [7, 11) is 0. The third-order valence-electron chi connectivity index (χ3n) is 3.92. The average molecular weight is 316 g/mol. The average Bonchev–Trinajstić information content (AvgIpc) is 2.46. The van der Waals surface area contributed by atoms with Gasteiger partial charge < -0.3 is 10.4 Å². The molecule has 0 saturated carbocycles. The Labute approximate surface area is 126 Å². The molecule has 1 saturated heterocycles. The quantitative estimate of drug-likeness (QED) is 0.901. The summed E-state index contributed by atoms with van der Waals surface area (Å²) in [5.41, 5.74) is -1.09. The monoisotopic (exact) mass is 316 g/mol. The maximum Gasteiger partial charge on any atom is 0.418 e. The molecular weight excluding hydrogens is 297 g/mol.